The zero-order chi connectivity index (χ0) is 7.94. The topological polar surface area (TPSA) is 21.6 Å². The molecule has 63 valence electrons. The molecule has 1 unspecified atom stereocenters. The summed E-state index contributed by atoms with van der Waals surface area (Å²) in [5, 5.41) is 3.67. The predicted molar refractivity (Wildman–Crippen MR) is 46.4 cm³/mol. The summed E-state index contributed by atoms with van der Waals surface area (Å²) in [6, 6.07) is 0. The first-order valence-corrected chi connectivity index (χ1v) is 4.32. The summed E-state index contributed by atoms with van der Waals surface area (Å²) >= 11 is 0. The van der Waals surface area contributed by atoms with Crippen LogP contribution in [0.25, 0.3) is 0 Å². The van der Waals surface area contributed by atoms with Crippen molar-refractivity contribution in [2.45, 2.75) is 32.1 Å². The van der Waals surface area contributed by atoms with Crippen molar-refractivity contribution in [2.75, 3.05) is 7.11 Å². The average molecular weight is 154 g/mol. The van der Waals surface area contributed by atoms with Crippen molar-refractivity contribution >= 4 is 6.21 Å². The molecule has 0 bridgehead atoms. The molecule has 1 fully saturated rings. The second-order valence-electron chi connectivity index (χ2n) is 2.99. The fraction of sp³-hybridized carbons (Fsp3) is 0.778. The molecule has 0 N–H and O–H groups in total. The Labute approximate surface area is 68.6 Å². The molecule has 0 aromatic heterocycles. The fourth-order valence-electron chi connectivity index (χ4n) is 1.10. The van der Waals surface area contributed by atoms with Gasteiger partial charge in [-0.05, 0) is 31.6 Å². The van der Waals surface area contributed by atoms with Gasteiger partial charge in [-0.2, -0.15) is 0 Å². The Balaban J connectivity index is 1.76. The Bertz CT molecular complexity index is 119. The van der Waals surface area contributed by atoms with Crippen LogP contribution in [-0.4, -0.2) is 13.3 Å². The first-order chi connectivity index (χ1) is 5.43. The van der Waals surface area contributed by atoms with Gasteiger partial charge in [0.25, 0.3) is 0 Å². The summed E-state index contributed by atoms with van der Waals surface area (Å²) in [5.41, 5.74) is 0. The number of unbranched alkanes of at least 4 members (excludes halogenated alkanes) is 2. The molecule has 1 rings (SSSR count). The van der Waals surface area contributed by atoms with Gasteiger partial charge in [0.05, 0.1) is 0 Å². The van der Waals surface area contributed by atoms with E-state index in [1.807, 2.05) is 6.21 Å². The highest BCUT2D eigenvalue weighted by Gasteiger charge is 2.20. The van der Waals surface area contributed by atoms with E-state index in [0.717, 1.165) is 12.3 Å². The molecule has 2 heteroatoms. The Kier molecular flexibility index (Phi) is 4.02. The lowest BCUT2D eigenvalue weighted by atomic mass is 10.1. The van der Waals surface area contributed by atoms with Gasteiger partial charge in [-0.15, -0.1) is 0 Å². The quantitative estimate of drug-likeness (QED) is 0.327. The van der Waals surface area contributed by atoms with Crippen LogP contribution in [0.4, 0.5) is 0 Å². The van der Waals surface area contributed by atoms with Crippen LogP contribution in [0.1, 0.15) is 32.1 Å². The second kappa shape index (κ2) is 5.16. The minimum absolute atomic E-state index is 0.953. The molecule has 0 heterocycles. The Morgan fingerprint density at radius 3 is 3.09 bits per heavy atom. The number of rotatable bonds is 6. The first kappa shape index (κ1) is 8.57. The lowest BCUT2D eigenvalue weighted by Gasteiger charge is -1.94. The summed E-state index contributed by atoms with van der Waals surface area (Å²) in [6.45, 7) is 0. The molecule has 0 spiro atoms. The number of nitrogens with zero attached hydrogens (tertiary/aromatic N) is 1. The highest BCUT2D eigenvalue weighted by atomic mass is 16.6. The minimum atomic E-state index is 0.953. The van der Waals surface area contributed by atoms with E-state index in [4.69, 9.17) is 0 Å². The molecule has 11 heavy (non-hydrogen) atoms. The Morgan fingerprint density at radius 1 is 1.64 bits per heavy atom. The SMILES string of the molecule is CON=CCCCCC1[CH]C1. The third kappa shape index (κ3) is 4.82. The van der Waals surface area contributed by atoms with E-state index in [1.165, 1.54) is 25.7 Å². The first-order valence-electron chi connectivity index (χ1n) is 4.32. The zero-order valence-corrected chi connectivity index (χ0v) is 7.12. The van der Waals surface area contributed by atoms with Crippen LogP contribution in [0.2, 0.25) is 0 Å². The molecule has 0 aliphatic heterocycles. The lowest BCUT2D eigenvalue weighted by Crippen LogP contribution is -1.81. The summed E-state index contributed by atoms with van der Waals surface area (Å²) in [7, 11) is 1.58. The largest absolute Gasteiger partial charge is 0.399 e. The van der Waals surface area contributed by atoms with Gasteiger partial charge in [0.2, 0.25) is 0 Å². The molecule has 1 aliphatic rings. The van der Waals surface area contributed by atoms with Crippen molar-refractivity contribution in [3.8, 4) is 0 Å². The Morgan fingerprint density at radius 2 is 2.45 bits per heavy atom. The minimum Gasteiger partial charge on any atom is -0.399 e. The van der Waals surface area contributed by atoms with Gasteiger partial charge < -0.3 is 4.84 Å². The van der Waals surface area contributed by atoms with E-state index < -0.39 is 0 Å². The standard InChI is InChI=1S/C9H16NO/c1-11-10-8-4-2-3-5-9-6-7-9/h6,8-9H,2-5,7H2,1H3. The molecule has 1 aliphatic carbocycles. The molecular weight excluding hydrogens is 138 g/mol. The molecule has 1 saturated carbocycles. The summed E-state index contributed by atoms with van der Waals surface area (Å²) in [4.78, 5) is 4.55. The second-order valence-corrected chi connectivity index (χ2v) is 2.99. The number of hydrogen-bond donors (Lipinski definition) is 0. The van der Waals surface area contributed by atoms with Crippen LogP contribution in [0.5, 0.6) is 0 Å². The van der Waals surface area contributed by atoms with E-state index in [0.29, 0.717) is 0 Å². The van der Waals surface area contributed by atoms with Gasteiger partial charge in [-0.3, -0.25) is 0 Å². The summed E-state index contributed by atoms with van der Waals surface area (Å²) < 4.78 is 0. The zero-order valence-electron chi connectivity index (χ0n) is 7.12. The average Bonchev–Trinajstić information content (AvgIpc) is 2.80. The maximum Gasteiger partial charge on any atom is 0.106 e. The van der Waals surface area contributed by atoms with Gasteiger partial charge in [0.15, 0.2) is 0 Å². The normalized spacial score (nSPS) is 17.5. The van der Waals surface area contributed by atoms with E-state index in [1.54, 1.807) is 7.11 Å². The van der Waals surface area contributed by atoms with Crippen molar-refractivity contribution in [3.63, 3.8) is 0 Å². The van der Waals surface area contributed by atoms with E-state index in [2.05, 4.69) is 16.4 Å². The van der Waals surface area contributed by atoms with E-state index >= 15 is 0 Å². The smallest absolute Gasteiger partial charge is 0.106 e. The fourth-order valence-corrected chi connectivity index (χ4v) is 1.10. The molecule has 0 aromatic carbocycles. The van der Waals surface area contributed by atoms with Gasteiger partial charge >= 0.3 is 0 Å². The van der Waals surface area contributed by atoms with Gasteiger partial charge in [-0.25, -0.2) is 0 Å². The van der Waals surface area contributed by atoms with E-state index in [9.17, 15) is 0 Å². The van der Waals surface area contributed by atoms with Crippen LogP contribution >= 0.6 is 0 Å². The number of hydrogen-bond acceptors (Lipinski definition) is 2. The third-order valence-electron chi connectivity index (χ3n) is 1.91. The van der Waals surface area contributed by atoms with Crippen LogP contribution in [-0.2, 0) is 4.84 Å². The predicted octanol–water partition coefficient (Wildman–Crippen LogP) is 2.40. The molecule has 1 radical (unpaired) electrons. The highest BCUT2D eigenvalue weighted by molar-refractivity contribution is 5.55. The lowest BCUT2D eigenvalue weighted by molar-refractivity contribution is 0.214. The number of oxime groups is 1. The molecule has 1 atom stereocenters. The van der Waals surface area contributed by atoms with Crippen molar-refractivity contribution < 1.29 is 4.84 Å². The van der Waals surface area contributed by atoms with Crippen molar-refractivity contribution in [1.29, 1.82) is 0 Å². The van der Waals surface area contributed by atoms with Gasteiger partial charge in [-0.1, -0.05) is 18.0 Å². The van der Waals surface area contributed by atoms with Crippen molar-refractivity contribution in [1.82, 2.24) is 0 Å². The maximum atomic E-state index is 4.55. The summed E-state index contributed by atoms with van der Waals surface area (Å²) in [5.74, 6) is 0.953. The monoisotopic (exact) mass is 154 g/mol. The molecule has 0 saturated heterocycles. The molecule has 0 aromatic rings. The van der Waals surface area contributed by atoms with Crippen LogP contribution in [0.3, 0.4) is 0 Å². The van der Waals surface area contributed by atoms with Crippen molar-refractivity contribution in [3.05, 3.63) is 6.42 Å². The highest BCUT2D eigenvalue weighted by Crippen LogP contribution is 2.32. The summed E-state index contributed by atoms with van der Waals surface area (Å²) in [6.07, 6.45) is 10.6. The van der Waals surface area contributed by atoms with E-state index in [-0.39, 0.29) is 0 Å². The molecule has 0 amide bonds. The van der Waals surface area contributed by atoms with Gasteiger partial charge in [0.1, 0.15) is 7.11 Å². The molecular formula is C9H16NO. The van der Waals surface area contributed by atoms with Crippen LogP contribution in [0, 0.1) is 12.3 Å². The molecule has 2 nitrogen and oxygen atoms in total. The maximum absolute atomic E-state index is 4.55. The Hall–Kier alpha value is -0.530. The van der Waals surface area contributed by atoms with Crippen LogP contribution in [0.15, 0.2) is 5.16 Å². The van der Waals surface area contributed by atoms with Gasteiger partial charge in [0, 0.05) is 6.21 Å². The third-order valence-corrected chi connectivity index (χ3v) is 1.91. The van der Waals surface area contributed by atoms with Crippen molar-refractivity contribution in [2.24, 2.45) is 11.1 Å². The van der Waals surface area contributed by atoms with Crippen LogP contribution < -0.4 is 0 Å².